The number of esters is 1. The number of carbonyl (C=O) groups is 2. The maximum atomic E-state index is 12.3. The lowest BCUT2D eigenvalue weighted by Crippen LogP contribution is -2.35. The molecule has 0 radical (unpaired) electrons. The van der Waals surface area contributed by atoms with Crippen molar-refractivity contribution in [1.29, 1.82) is 0 Å². The second-order valence-corrected chi connectivity index (χ2v) is 6.46. The smallest absolute Gasteiger partial charge is 0.338 e. The average Bonchev–Trinajstić information content (AvgIpc) is 3.35. The van der Waals surface area contributed by atoms with Crippen LogP contribution < -0.4 is 10.1 Å². The Bertz CT molecular complexity index is 940. The number of aryl methyl sites for hydroxylation is 2. The Morgan fingerprint density at radius 1 is 1.17 bits per heavy atom. The van der Waals surface area contributed by atoms with Crippen LogP contribution in [0.4, 0.5) is 0 Å². The van der Waals surface area contributed by atoms with Gasteiger partial charge in [-0.3, -0.25) is 4.79 Å². The fourth-order valence-electron chi connectivity index (χ4n) is 2.56. The molecule has 8 heteroatoms. The van der Waals surface area contributed by atoms with Gasteiger partial charge in [0.15, 0.2) is 6.10 Å². The highest BCUT2D eigenvalue weighted by atomic mass is 16.5. The van der Waals surface area contributed by atoms with Crippen molar-refractivity contribution in [2.75, 3.05) is 0 Å². The molecule has 8 nitrogen and oxygen atoms in total. The third-order valence-corrected chi connectivity index (χ3v) is 4.32. The molecule has 1 N–H and O–H groups in total. The van der Waals surface area contributed by atoms with Crippen molar-refractivity contribution >= 4 is 11.9 Å². The second-order valence-electron chi connectivity index (χ2n) is 6.46. The minimum absolute atomic E-state index is 0.227. The molecule has 0 aliphatic heterocycles. The first-order valence-corrected chi connectivity index (χ1v) is 9.09. The fourth-order valence-corrected chi connectivity index (χ4v) is 2.56. The van der Waals surface area contributed by atoms with Crippen molar-refractivity contribution in [3.8, 4) is 5.75 Å². The average molecular weight is 398 g/mol. The van der Waals surface area contributed by atoms with Gasteiger partial charge < -0.3 is 23.7 Å². The third kappa shape index (κ3) is 5.25. The normalized spacial score (nSPS) is 11.7. The maximum absolute atomic E-state index is 12.3. The van der Waals surface area contributed by atoms with Gasteiger partial charge in [-0.15, -0.1) is 0 Å². The van der Waals surface area contributed by atoms with Crippen LogP contribution in [-0.2, 0) is 22.7 Å². The van der Waals surface area contributed by atoms with Gasteiger partial charge in [-0.2, -0.15) is 0 Å². The third-order valence-electron chi connectivity index (χ3n) is 4.32. The molecule has 3 rings (SSSR count). The first kappa shape index (κ1) is 20.2. The number of nitrogens with one attached hydrogen (secondary N) is 1. The fraction of sp³-hybridized carbons (Fsp3) is 0.286. The van der Waals surface area contributed by atoms with Crippen LogP contribution >= 0.6 is 0 Å². The van der Waals surface area contributed by atoms with E-state index in [0.29, 0.717) is 29.4 Å². The Kier molecular flexibility index (Phi) is 6.33. The van der Waals surface area contributed by atoms with Gasteiger partial charge in [-0.1, -0.05) is 5.16 Å². The molecule has 29 heavy (non-hydrogen) atoms. The van der Waals surface area contributed by atoms with Crippen molar-refractivity contribution in [3.63, 3.8) is 0 Å². The molecule has 0 fully saturated rings. The van der Waals surface area contributed by atoms with Crippen LogP contribution in [0.1, 0.15) is 40.1 Å². The lowest BCUT2D eigenvalue weighted by atomic mass is 10.2. The number of benzene rings is 1. The Morgan fingerprint density at radius 2 is 1.93 bits per heavy atom. The van der Waals surface area contributed by atoms with E-state index in [-0.39, 0.29) is 6.54 Å². The van der Waals surface area contributed by atoms with E-state index in [9.17, 15) is 9.59 Å². The zero-order valence-corrected chi connectivity index (χ0v) is 16.4. The molecule has 0 aliphatic carbocycles. The first-order chi connectivity index (χ1) is 13.9. The number of ether oxygens (including phenoxy) is 2. The molecular weight excluding hydrogens is 376 g/mol. The Morgan fingerprint density at radius 3 is 2.55 bits per heavy atom. The molecule has 152 valence electrons. The topological polar surface area (TPSA) is 104 Å². The van der Waals surface area contributed by atoms with Crippen LogP contribution in [0.15, 0.2) is 51.6 Å². The van der Waals surface area contributed by atoms with E-state index in [1.54, 1.807) is 36.4 Å². The van der Waals surface area contributed by atoms with E-state index in [0.717, 1.165) is 11.3 Å². The molecule has 2 aromatic heterocycles. The van der Waals surface area contributed by atoms with Gasteiger partial charge >= 0.3 is 5.97 Å². The Hall–Kier alpha value is -3.55. The van der Waals surface area contributed by atoms with Crippen molar-refractivity contribution in [2.24, 2.45) is 0 Å². The minimum Gasteiger partial charge on any atom is -0.489 e. The molecule has 0 saturated carbocycles. The summed E-state index contributed by atoms with van der Waals surface area (Å²) in [5, 5.41) is 6.53. The summed E-state index contributed by atoms with van der Waals surface area (Å²) < 4.78 is 21.2. The predicted molar refractivity (Wildman–Crippen MR) is 102 cm³/mol. The number of aromatic nitrogens is 1. The van der Waals surface area contributed by atoms with Crippen molar-refractivity contribution < 1.29 is 28.0 Å². The van der Waals surface area contributed by atoms with Crippen LogP contribution in [0.2, 0.25) is 0 Å². The van der Waals surface area contributed by atoms with E-state index in [2.05, 4.69) is 10.5 Å². The van der Waals surface area contributed by atoms with E-state index in [1.807, 2.05) is 13.8 Å². The molecule has 0 bridgehead atoms. The van der Waals surface area contributed by atoms with E-state index in [4.69, 9.17) is 18.4 Å². The Labute approximate surface area is 167 Å². The quantitative estimate of drug-likeness (QED) is 0.581. The van der Waals surface area contributed by atoms with Crippen molar-refractivity contribution in [3.05, 3.63) is 71.0 Å². The highest BCUT2D eigenvalue weighted by Crippen LogP contribution is 2.18. The Balaban J connectivity index is 1.49. The van der Waals surface area contributed by atoms with Crippen molar-refractivity contribution in [1.82, 2.24) is 10.5 Å². The largest absolute Gasteiger partial charge is 0.489 e. The molecule has 1 unspecified atom stereocenters. The maximum Gasteiger partial charge on any atom is 0.338 e. The molecule has 0 spiro atoms. The summed E-state index contributed by atoms with van der Waals surface area (Å²) in [5.74, 6) is 0.911. The van der Waals surface area contributed by atoms with E-state index in [1.165, 1.54) is 13.2 Å². The molecule has 1 amide bonds. The summed E-state index contributed by atoms with van der Waals surface area (Å²) in [4.78, 5) is 24.3. The number of rotatable bonds is 8. The SMILES string of the molecule is Cc1noc(C)c1COc1ccc(C(=O)OC(C)C(=O)NCc2ccco2)cc1. The van der Waals surface area contributed by atoms with Gasteiger partial charge in [0.1, 0.15) is 23.9 Å². The monoisotopic (exact) mass is 398 g/mol. The van der Waals surface area contributed by atoms with Crippen LogP contribution in [0, 0.1) is 13.8 Å². The number of carbonyl (C=O) groups excluding carboxylic acids is 2. The van der Waals surface area contributed by atoms with Crippen LogP contribution in [0.3, 0.4) is 0 Å². The predicted octanol–water partition coefficient (Wildman–Crippen LogP) is 3.33. The molecule has 3 aromatic rings. The number of amides is 1. The molecule has 2 heterocycles. The van der Waals surface area contributed by atoms with Crippen LogP contribution in [-0.4, -0.2) is 23.1 Å². The van der Waals surface area contributed by atoms with Gasteiger partial charge in [0.2, 0.25) is 0 Å². The lowest BCUT2D eigenvalue weighted by molar-refractivity contribution is -0.129. The molecule has 1 atom stereocenters. The lowest BCUT2D eigenvalue weighted by Gasteiger charge is -2.13. The van der Waals surface area contributed by atoms with Gasteiger partial charge in [-0.05, 0) is 57.2 Å². The number of nitrogens with zero attached hydrogens (tertiary/aromatic N) is 1. The summed E-state index contributed by atoms with van der Waals surface area (Å²) >= 11 is 0. The molecule has 0 aliphatic rings. The van der Waals surface area contributed by atoms with Crippen LogP contribution in [0.5, 0.6) is 5.75 Å². The summed E-state index contributed by atoms with van der Waals surface area (Å²) in [5.41, 5.74) is 1.99. The summed E-state index contributed by atoms with van der Waals surface area (Å²) in [6, 6.07) is 9.96. The van der Waals surface area contributed by atoms with Gasteiger partial charge in [0, 0.05) is 0 Å². The summed E-state index contributed by atoms with van der Waals surface area (Å²) in [7, 11) is 0. The zero-order valence-electron chi connectivity index (χ0n) is 16.4. The minimum atomic E-state index is -0.937. The summed E-state index contributed by atoms with van der Waals surface area (Å²) in [6.07, 6.45) is 0.583. The standard InChI is InChI=1S/C21H22N2O6/c1-13-19(14(2)29-23-13)12-27-17-8-6-16(7-9-17)21(25)28-15(3)20(24)22-11-18-5-4-10-26-18/h4-10,15H,11-12H2,1-3H3,(H,22,24). The number of hydrogen-bond acceptors (Lipinski definition) is 7. The number of furan rings is 1. The zero-order chi connectivity index (χ0) is 20.8. The first-order valence-electron chi connectivity index (χ1n) is 9.09. The highest BCUT2D eigenvalue weighted by molar-refractivity contribution is 5.92. The van der Waals surface area contributed by atoms with Crippen molar-refractivity contribution in [2.45, 2.75) is 40.0 Å². The molecule has 1 aromatic carbocycles. The van der Waals surface area contributed by atoms with E-state index < -0.39 is 18.0 Å². The van der Waals surface area contributed by atoms with Gasteiger partial charge in [-0.25, -0.2) is 4.79 Å². The van der Waals surface area contributed by atoms with Crippen LogP contribution in [0.25, 0.3) is 0 Å². The van der Waals surface area contributed by atoms with E-state index >= 15 is 0 Å². The molecule has 0 saturated heterocycles. The second kappa shape index (κ2) is 9.09. The van der Waals surface area contributed by atoms with Gasteiger partial charge in [0.25, 0.3) is 5.91 Å². The highest BCUT2D eigenvalue weighted by Gasteiger charge is 2.19. The van der Waals surface area contributed by atoms with Gasteiger partial charge in [0.05, 0.1) is 29.6 Å². The number of hydrogen-bond donors (Lipinski definition) is 1. The molecular formula is C21H22N2O6. The summed E-state index contributed by atoms with van der Waals surface area (Å²) in [6.45, 7) is 5.73.